The van der Waals surface area contributed by atoms with Crippen molar-refractivity contribution in [3.8, 4) is 0 Å². The average Bonchev–Trinajstić information content (AvgIpc) is 3.04. The molecule has 128 valence electrons. The topological polar surface area (TPSA) is 38.1 Å². The zero-order valence-corrected chi connectivity index (χ0v) is 14.1. The van der Waals surface area contributed by atoms with Gasteiger partial charge in [-0.05, 0) is 17.2 Å². The van der Waals surface area contributed by atoms with Gasteiger partial charge in [-0.3, -0.25) is 9.48 Å². The number of halogens is 1. The first-order valence-electron chi connectivity index (χ1n) is 8.14. The van der Waals surface area contributed by atoms with E-state index in [4.69, 9.17) is 0 Å². The lowest BCUT2D eigenvalue weighted by Gasteiger charge is -2.16. The minimum Gasteiger partial charge on any atom is -0.341 e. The molecule has 0 aliphatic rings. The number of hydrogen-bond acceptors (Lipinski definition) is 2. The molecule has 0 saturated heterocycles. The van der Waals surface area contributed by atoms with E-state index >= 15 is 0 Å². The molecule has 0 atom stereocenters. The van der Waals surface area contributed by atoms with Crippen LogP contribution in [0.4, 0.5) is 4.39 Å². The van der Waals surface area contributed by atoms with Crippen LogP contribution in [0.1, 0.15) is 16.7 Å². The van der Waals surface area contributed by atoms with Crippen molar-refractivity contribution >= 4 is 5.91 Å². The summed E-state index contributed by atoms with van der Waals surface area (Å²) in [6.07, 6.45) is 3.75. The predicted octanol–water partition coefficient (Wildman–Crippen LogP) is 3.27. The van der Waals surface area contributed by atoms with E-state index in [1.807, 2.05) is 41.2 Å². The smallest absolute Gasteiger partial charge is 0.227 e. The summed E-state index contributed by atoms with van der Waals surface area (Å²) in [5, 5.41) is 4.34. The summed E-state index contributed by atoms with van der Waals surface area (Å²) >= 11 is 0. The number of benzene rings is 2. The van der Waals surface area contributed by atoms with Gasteiger partial charge in [-0.2, -0.15) is 5.10 Å². The van der Waals surface area contributed by atoms with E-state index in [1.165, 1.54) is 11.6 Å². The van der Waals surface area contributed by atoms with E-state index < -0.39 is 0 Å². The van der Waals surface area contributed by atoms with Gasteiger partial charge in [-0.1, -0.05) is 48.5 Å². The van der Waals surface area contributed by atoms with Gasteiger partial charge in [0.25, 0.3) is 0 Å². The molecule has 1 aromatic heterocycles. The zero-order valence-electron chi connectivity index (χ0n) is 14.1. The van der Waals surface area contributed by atoms with E-state index in [-0.39, 0.29) is 18.1 Å². The number of amides is 1. The molecule has 1 heterocycles. The fourth-order valence-corrected chi connectivity index (χ4v) is 2.65. The Morgan fingerprint density at radius 3 is 2.56 bits per heavy atom. The molecule has 0 aliphatic carbocycles. The minimum absolute atomic E-state index is 0.0569. The summed E-state index contributed by atoms with van der Waals surface area (Å²) in [5.41, 5.74) is 2.53. The van der Waals surface area contributed by atoms with Crippen LogP contribution in [-0.4, -0.2) is 27.6 Å². The normalized spacial score (nSPS) is 10.6. The molecule has 0 N–H and O–H groups in total. The second-order valence-electron chi connectivity index (χ2n) is 6.05. The third-order valence-corrected chi connectivity index (χ3v) is 4.02. The van der Waals surface area contributed by atoms with E-state index in [0.717, 1.165) is 5.56 Å². The van der Waals surface area contributed by atoms with Crippen molar-refractivity contribution in [2.75, 3.05) is 7.05 Å². The Morgan fingerprint density at radius 1 is 1.08 bits per heavy atom. The molecule has 4 nitrogen and oxygen atoms in total. The maximum absolute atomic E-state index is 13.7. The molecule has 0 unspecified atom stereocenters. The Labute approximate surface area is 146 Å². The average molecular weight is 337 g/mol. The van der Waals surface area contributed by atoms with Crippen molar-refractivity contribution in [3.05, 3.63) is 89.5 Å². The summed E-state index contributed by atoms with van der Waals surface area (Å²) in [4.78, 5) is 13.9. The number of rotatable bonds is 6. The molecule has 0 saturated carbocycles. The van der Waals surface area contributed by atoms with Gasteiger partial charge in [0.2, 0.25) is 5.91 Å². The van der Waals surface area contributed by atoms with E-state index in [0.29, 0.717) is 18.7 Å². The van der Waals surface area contributed by atoms with Gasteiger partial charge in [0, 0.05) is 25.4 Å². The van der Waals surface area contributed by atoms with Crippen molar-refractivity contribution in [2.24, 2.45) is 0 Å². The molecule has 0 fully saturated rings. The van der Waals surface area contributed by atoms with Crippen LogP contribution in [-0.2, 0) is 24.3 Å². The fourth-order valence-electron chi connectivity index (χ4n) is 2.65. The highest BCUT2D eigenvalue weighted by Crippen LogP contribution is 2.10. The number of carbonyl (C=O) groups is 1. The van der Waals surface area contributed by atoms with Gasteiger partial charge in [0.05, 0.1) is 19.2 Å². The van der Waals surface area contributed by atoms with Crippen molar-refractivity contribution in [2.45, 2.75) is 19.5 Å². The number of hydrogen-bond donors (Lipinski definition) is 0. The summed E-state index contributed by atoms with van der Waals surface area (Å²) in [5.74, 6) is -0.471. The first-order chi connectivity index (χ1) is 12.1. The maximum Gasteiger partial charge on any atom is 0.227 e. The first-order valence-corrected chi connectivity index (χ1v) is 8.14. The maximum atomic E-state index is 13.7. The van der Waals surface area contributed by atoms with Gasteiger partial charge in [0.1, 0.15) is 5.82 Å². The van der Waals surface area contributed by atoms with Crippen LogP contribution < -0.4 is 0 Å². The lowest BCUT2D eigenvalue weighted by Crippen LogP contribution is -2.27. The van der Waals surface area contributed by atoms with Gasteiger partial charge in [0.15, 0.2) is 0 Å². The highest BCUT2D eigenvalue weighted by Gasteiger charge is 2.13. The monoisotopic (exact) mass is 337 g/mol. The van der Waals surface area contributed by atoms with Gasteiger partial charge < -0.3 is 4.90 Å². The number of aromatic nitrogens is 2. The standard InChI is InChI=1S/C20H20FN3O/c1-23(20(25)11-18-9-5-6-10-19(18)21)13-17-12-22-24(15-17)14-16-7-3-2-4-8-16/h2-10,12,15H,11,13-14H2,1H3. The minimum atomic E-state index is -0.347. The molecule has 0 bridgehead atoms. The van der Waals surface area contributed by atoms with Gasteiger partial charge >= 0.3 is 0 Å². The number of nitrogens with zero attached hydrogens (tertiary/aromatic N) is 3. The third kappa shape index (κ3) is 4.53. The van der Waals surface area contributed by atoms with E-state index in [2.05, 4.69) is 5.10 Å². The third-order valence-electron chi connectivity index (χ3n) is 4.02. The predicted molar refractivity (Wildman–Crippen MR) is 94.3 cm³/mol. The highest BCUT2D eigenvalue weighted by molar-refractivity contribution is 5.78. The molecule has 0 aliphatic heterocycles. The van der Waals surface area contributed by atoms with Crippen LogP contribution in [0.3, 0.4) is 0 Å². The molecule has 3 rings (SSSR count). The molecule has 25 heavy (non-hydrogen) atoms. The second-order valence-corrected chi connectivity index (χ2v) is 6.05. The zero-order chi connectivity index (χ0) is 17.6. The highest BCUT2D eigenvalue weighted by atomic mass is 19.1. The van der Waals surface area contributed by atoms with Crippen molar-refractivity contribution in [1.82, 2.24) is 14.7 Å². The fraction of sp³-hybridized carbons (Fsp3) is 0.200. The Morgan fingerprint density at radius 2 is 1.80 bits per heavy atom. The van der Waals surface area contributed by atoms with Crippen LogP contribution in [0.5, 0.6) is 0 Å². The van der Waals surface area contributed by atoms with Gasteiger partial charge in [-0.15, -0.1) is 0 Å². The van der Waals surface area contributed by atoms with Crippen LogP contribution in [0.2, 0.25) is 0 Å². The molecular weight excluding hydrogens is 317 g/mol. The first kappa shape index (κ1) is 16.9. The quantitative estimate of drug-likeness (QED) is 0.692. The molecular formula is C20H20FN3O. The van der Waals surface area contributed by atoms with Crippen LogP contribution in [0.25, 0.3) is 0 Å². The van der Waals surface area contributed by atoms with Crippen LogP contribution >= 0.6 is 0 Å². The Balaban J connectivity index is 1.58. The lowest BCUT2D eigenvalue weighted by molar-refractivity contribution is -0.129. The van der Waals surface area contributed by atoms with E-state index in [9.17, 15) is 9.18 Å². The lowest BCUT2D eigenvalue weighted by atomic mass is 10.1. The molecule has 0 spiro atoms. The van der Waals surface area contributed by atoms with Crippen molar-refractivity contribution in [1.29, 1.82) is 0 Å². The van der Waals surface area contributed by atoms with Crippen molar-refractivity contribution in [3.63, 3.8) is 0 Å². The largest absolute Gasteiger partial charge is 0.341 e. The number of carbonyl (C=O) groups excluding carboxylic acids is 1. The Bertz CT molecular complexity index is 845. The molecule has 1 amide bonds. The molecule has 3 aromatic rings. The SMILES string of the molecule is CN(Cc1cnn(Cc2ccccc2)c1)C(=O)Cc1ccccc1F. The van der Waals surface area contributed by atoms with Crippen molar-refractivity contribution < 1.29 is 9.18 Å². The molecule has 0 radical (unpaired) electrons. The second kappa shape index (κ2) is 7.75. The van der Waals surface area contributed by atoms with E-state index in [1.54, 1.807) is 36.3 Å². The summed E-state index contributed by atoms with van der Waals surface area (Å²) in [6, 6.07) is 16.4. The molecule has 2 aromatic carbocycles. The summed E-state index contributed by atoms with van der Waals surface area (Å²) in [6.45, 7) is 1.13. The Kier molecular flexibility index (Phi) is 5.23. The van der Waals surface area contributed by atoms with Gasteiger partial charge in [-0.25, -0.2) is 4.39 Å². The molecule has 5 heteroatoms. The van der Waals surface area contributed by atoms with Crippen LogP contribution in [0, 0.1) is 5.82 Å². The summed E-state index contributed by atoms with van der Waals surface area (Å²) in [7, 11) is 1.72. The summed E-state index contributed by atoms with van der Waals surface area (Å²) < 4.78 is 15.5. The van der Waals surface area contributed by atoms with Crippen LogP contribution in [0.15, 0.2) is 67.0 Å². The number of likely N-dealkylation sites (N-methyl/N-ethyl adjacent to an activating group) is 1. The Hall–Kier alpha value is -2.95.